The van der Waals surface area contributed by atoms with Crippen molar-refractivity contribution >= 4 is 41.2 Å². The number of fused-ring (bicyclic) bond motifs is 2. The third kappa shape index (κ3) is 9.21. The van der Waals surface area contributed by atoms with E-state index in [-0.39, 0.29) is 30.6 Å². The van der Waals surface area contributed by atoms with Crippen LogP contribution in [0.25, 0.3) is 10.9 Å². The second kappa shape index (κ2) is 17.4. The normalized spacial score (nSPS) is 15.1. The van der Waals surface area contributed by atoms with Crippen molar-refractivity contribution in [1.29, 1.82) is 0 Å². The smallest absolute Gasteiger partial charge is 0.272 e. The maximum atomic E-state index is 13.6. The van der Waals surface area contributed by atoms with Crippen LogP contribution in [0.5, 0.6) is 0 Å². The molecule has 260 valence electrons. The van der Waals surface area contributed by atoms with Gasteiger partial charge in [-0.2, -0.15) is 0 Å². The van der Waals surface area contributed by atoms with Crippen molar-refractivity contribution in [3.05, 3.63) is 94.1 Å². The monoisotopic (exact) mass is 678 g/mol. The molecule has 0 spiro atoms. The Morgan fingerprint density at radius 2 is 2.00 bits per heavy atom. The topological polar surface area (TPSA) is 128 Å². The molecule has 10 nitrogen and oxygen atoms in total. The summed E-state index contributed by atoms with van der Waals surface area (Å²) in [7, 11) is 2.15. The number of hydrazine groups is 1. The van der Waals surface area contributed by atoms with E-state index in [2.05, 4.69) is 50.6 Å². The van der Waals surface area contributed by atoms with Gasteiger partial charge in [-0.1, -0.05) is 30.0 Å². The van der Waals surface area contributed by atoms with Gasteiger partial charge in [-0.3, -0.25) is 24.7 Å². The quantitative estimate of drug-likeness (QED) is 0.0937. The summed E-state index contributed by atoms with van der Waals surface area (Å²) < 4.78 is 13.6. The maximum Gasteiger partial charge on any atom is 0.272 e. The van der Waals surface area contributed by atoms with E-state index in [1.54, 1.807) is 37.4 Å². The molecular formula is C39H43FN6O4. The Labute approximate surface area is 291 Å². The first kappa shape index (κ1) is 36.0. The zero-order valence-corrected chi connectivity index (χ0v) is 28.6. The van der Waals surface area contributed by atoms with Crippen LogP contribution in [0.3, 0.4) is 0 Å². The third-order valence-corrected chi connectivity index (χ3v) is 9.04. The van der Waals surface area contributed by atoms with Crippen molar-refractivity contribution in [2.75, 3.05) is 18.9 Å². The Balaban J connectivity index is 0.000000226. The number of nitrogens with zero attached hydrogens (tertiary/aromatic N) is 3. The van der Waals surface area contributed by atoms with Crippen LogP contribution >= 0.6 is 0 Å². The number of benzene rings is 2. The lowest BCUT2D eigenvalue weighted by Crippen LogP contribution is -2.42. The molecule has 0 radical (unpaired) electrons. The van der Waals surface area contributed by atoms with Crippen LogP contribution in [-0.2, 0) is 27.3 Å². The van der Waals surface area contributed by atoms with Crippen LogP contribution in [0.4, 0.5) is 10.2 Å². The number of aromatic amines is 1. The van der Waals surface area contributed by atoms with Crippen molar-refractivity contribution in [1.82, 2.24) is 25.3 Å². The van der Waals surface area contributed by atoms with Gasteiger partial charge in [0, 0.05) is 65.3 Å². The van der Waals surface area contributed by atoms with E-state index in [4.69, 9.17) is 0 Å². The molecule has 3 amide bonds. The molecule has 50 heavy (non-hydrogen) atoms. The summed E-state index contributed by atoms with van der Waals surface area (Å²) >= 11 is 0. The summed E-state index contributed by atoms with van der Waals surface area (Å²) in [6.45, 7) is 3.18. The van der Waals surface area contributed by atoms with Gasteiger partial charge < -0.3 is 15.1 Å². The van der Waals surface area contributed by atoms with Crippen LogP contribution in [0.1, 0.15) is 95.7 Å². The number of hydrogen-bond donors (Lipinski definition) is 3. The highest BCUT2D eigenvalue weighted by Gasteiger charge is 2.30. The minimum atomic E-state index is -0.283. The van der Waals surface area contributed by atoms with Crippen molar-refractivity contribution < 1.29 is 23.6 Å². The summed E-state index contributed by atoms with van der Waals surface area (Å²) in [5.74, 6) is 6.20. The van der Waals surface area contributed by atoms with Gasteiger partial charge in [-0.15, -0.1) is 0 Å². The average Bonchev–Trinajstić information content (AvgIpc) is 3.81. The molecule has 2 aliphatic heterocycles. The first-order chi connectivity index (χ1) is 24.3. The Morgan fingerprint density at radius 1 is 1.14 bits per heavy atom. The predicted molar refractivity (Wildman–Crippen MR) is 190 cm³/mol. The number of rotatable bonds is 12. The number of aryl methyl sites for hydroxylation is 2. The van der Waals surface area contributed by atoms with Gasteiger partial charge in [0.25, 0.3) is 5.91 Å². The minimum absolute atomic E-state index is 0.166. The van der Waals surface area contributed by atoms with E-state index < -0.39 is 0 Å². The molecule has 0 saturated carbocycles. The molecule has 11 heteroatoms. The summed E-state index contributed by atoms with van der Waals surface area (Å²) in [6, 6.07) is 15.3. The second-order valence-corrected chi connectivity index (χ2v) is 12.7. The molecule has 0 bridgehead atoms. The van der Waals surface area contributed by atoms with Gasteiger partial charge in [0.1, 0.15) is 17.9 Å². The molecule has 1 atom stereocenters. The number of unbranched alkanes of at least 4 members (excludes halogenated alkanes) is 3. The van der Waals surface area contributed by atoms with Crippen LogP contribution < -0.4 is 10.7 Å². The van der Waals surface area contributed by atoms with Crippen molar-refractivity contribution in [3.8, 4) is 11.8 Å². The first-order valence-corrected chi connectivity index (χ1v) is 17.1. The van der Waals surface area contributed by atoms with Crippen LogP contribution in [0, 0.1) is 24.6 Å². The molecule has 0 aliphatic carbocycles. The zero-order valence-electron chi connectivity index (χ0n) is 28.6. The molecule has 2 aromatic carbocycles. The number of aldehydes is 1. The fourth-order valence-electron chi connectivity index (χ4n) is 6.26. The summed E-state index contributed by atoms with van der Waals surface area (Å²) in [5.41, 5.74) is 8.67. The van der Waals surface area contributed by atoms with Gasteiger partial charge in [-0.05, 0) is 94.4 Å². The number of carbonyl (C=O) groups excluding carboxylic acids is 4. The van der Waals surface area contributed by atoms with E-state index in [0.717, 1.165) is 59.7 Å². The maximum absolute atomic E-state index is 13.6. The van der Waals surface area contributed by atoms with E-state index in [9.17, 15) is 23.6 Å². The largest absolute Gasteiger partial charge is 0.357 e. The van der Waals surface area contributed by atoms with E-state index in [1.165, 1.54) is 23.5 Å². The van der Waals surface area contributed by atoms with E-state index >= 15 is 0 Å². The standard InChI is InChI=1S/C26H27FN2O3.C13H16N4O/c1-19-14-15-20(17-24(19)27)9-4-2-3-5-10-21-11-8-12-22-23(21)18-29(26(22)32)28-25(31)13-6-7-16-30;1-17-4-2-3-12(17)11-5-9-7-14-13(15-8-18)6-10(9)16-11/h8,11-12,14-17H,2-4,6-7,9,13,18H2,1H3,(H,28,31);5-8,12,16H,2-4H2,1H3,(H,14,15,18). The molecule has 1 unspecified atom stereocenters. The highest BCUT2D eigenvalue weighted by atomic mass is 19.1. The third-order valence-electron chi connectivity index (χ3n) is 9.04. The van der Waals surface area contributed by atoms with Crippen molar-refractivity contribution in [2.45, 2.75) is 77.3 Å². The number of amides is 3. The number of hydrogen-bond acceptors (Lipinski definition) is 6. The molecule has 6 rings (SSSR count). The number of pyridine rings is 1. The summed E-state index contributed by atoms with van der Waals surface area (Å²) in [6.07, 6.45) is 9.97. The number of halogens is 1. The molecule has 3 N–H and O–H groups in total. The molecule has 2 aliphatic rings. The lowest BCUT2D eigenvalue weighted by atomic mass is 10.0. The lowest BCUT2D eigenvalue weighted by molar-refractivity contribution is -0.125. The number of nitrogens with one attached hydrogen (secondary N) is 3. The van der Waals surface area contributed by atoms with Gasteiger partial charge >= 0.3 is 0 Å². The fourth-order valence-corrected chi connectivity index (χ4v) is 6.26. The molecule has 1 fully saturated rings. The first-order valence-electron chi connectivity index (χ1n) is 17.1. The Kier molecular flexibility index (Phi) is 12.5. The molecule has 4 aromatic rings. The number of aromatic nitrogens is 2. The van der Waals surface area contributed by atoms with Gasteiger partial charge in [0.05, 0.1) is 12.1 Å². The Bertz CT molecular complexity index is 1910. The molecule has 1 saturated heterocycles. The molecular weight excluding hydrogens is 635 g/mol. The SMILES string of the molecule is CN1CCCC1c1cc2cnc(NC=O)cc2[nH]1.Cc1ccc(CCCCC#Cc2cccc3c2CN(NC(=O)CCCC=O)C3=O)cc1F. The Morgan fingerprint density at radius 3 is 2.76 bits per heavy atom. The molecule has 2 aromatic heterocycles. The highest BCUT2D eigenvalue weighted by molar-refractivity contribution is 6.00. The second-order valence-electron chi connectivity index (χ2n) is 12.7. The minimum Gasteiger partial charge on any atom is -0.357 e. The number of carbonyl (C=O) groups is 4. The zero-order chi connectivity index (χ0) is 35.5. The van der Waals surface area contributed by atoms with Crippen LogP contribution in [0.2, 0.25) is 0 Å². The van der Waals surface area contributed by atoms with E-state index in [0.29, 0.717) is 48.7 Å². The van der Waals surface area contributed by atoms with Crippen LogP contribution in [-0.4, -0.2) is 58.0 Å². The number of anilines is 1. The number of likely N-dealkylation sites (tertiary alicyclic amines) is 1. The summed E-state index contributed by atoms with van der Waals surface area (Å²) in [4.78, 5) is 55.3. The molecule has 4 heterocycles. The number of H-pyrrole nitrogens is 1. The lowest BCUT2D eigenvalue weighted by Gasteiger charge is -2.17. The predicted octanol–water partition coefficient (Wildman–Crippen LogP) is 6.15. The highest BCUT2D eigenvalue weighted by Crippen LogP contribution is 2.32. The average molecular weight is 679 g/mol. The Hall–Kier alpha value is -5.34. The van der Waals surface area contributed by atoms with Gasteiger partial charge in [-0.25, -0.2) is 14.4 Å². The van der Waals surface area contributed by atoms with Crippen LogP contribution in [0.15, 0.2) is 54.7 Å². The van der Waals surface area contributed by atoms with Gasteiger partial charge in [0.15, 0.2) is 0 Å². The van der Waals surface area contributed by atoms with Crippen molar-refractivity contribution in [2.24, 2.45) is 0 Å². The van der Waals surface area contributed by atoms with Crippen molar-refractivity contribution in [3.63, 3.8) is 0 Å². The fraction of sp³-hybridized carbons (Fsp3) is 0.359. The van der Waals surface area contributed by atoms with E-state index in [1.807, 2.05) is 18.2 Å². The summed E-state index contributed by atoms with van der Waals surface area (Å²) in [5, 5.41) is 4.96. The van der Waals surface area contributed by atoms with Gasteiger partial charge in [0.2, 0.25) is 12.3 Å².